The molecule has 0 unspecified atom stereocenters. The molecule has 732 valence electrons. The second kappa shape index (κ2) is 51.5. The lowest BCUT2D eigenvalue weighted by molar-refractivity contribution is 0.367. The summed E-state index contributed by atoms with van der Waals surface area (Å²) in [6.45, 7) is 70.8. The van der Waals surface area contributed by atoms with Gasteiger partial charge in [-0.2, -0.15) is 0 Å². The molecule has 7 aromatic carbocycles. The van der Waals surface area contributed by atoms with Crippen LogP contribution in [0.3, 0.4) is 0 Å². The lowest BCUT2D eigenvalue weighted by Crippen LogP contribution is -2.45. The fourth-order valence-electron chi connectivity index (χ4n) is 14.9. The Balaban J connectivity index is 0.000000753. The third kappa shape index (κ3) is 36.4. The van der Waals surface area contributed by atoms with E-state index < -0.39 is 5.43 Å². The van der Waals surface area contributed by atoms with Crippen molar-refractivity contribution >= 4 is 79.6 Å². The first-order valence-corrected chi connectivity index (χ1v) is 47.1. The van der Waals surface area contributed by atoms with Gasteiger partial charge >= 0.3 is 0 Å². The summed E-state index contributed by atoms with van der Waals surface area (Å²) >= 11 is 0. The Hall–Kier alpha value is -9.24. The largest absolute Gasteiger partial charge is 0.383 e. The highest BCUT2D eigenvalue weighted by Gasteiger charge is 2.33. The van der Waals surface area contributed by atoms with Crippen molar-refractivity contribution in [2.75, 3.05) is 232 Å². The molecule has 7 rings (SSSR count). The first kappa shape index (κ1) is 118. The molecule has 0 bridgehead atoms. The summed E-state index contributed by atoms with van der Waals surface area (Å²) in [6, 6.07) is 0. The van der Waals surface area contributed by atoms with Gasteiger partial charge in [0.25, 0.3) is 76.0 Å². The van der Waals surface area contributed by atoms with E-state index in [4.69, 9.17) is 0 Å². The van der Waals surface area contributed by atoms with Crippen LogP contribution in [-0.2, 0) is 0 Å². The van der Waals surface area contributed by atoms with Crippen molar-refractivity contribution in [2.45, 2.75) is 284 Å². The van der Waals surface area contributed by atoms with Gasteiger partial charge < -0.3 is 70.3 Å². The molecule has 0 saturated heterocycles. The fourth-order valence-corrected chi connectivity index (χ4v) is 14.9. The molecular weight excluding hydrogens is 1630 g/mol. The molecule has 0 aliphatic rings. The molecule has 0 amide bonds. The summed E-state index contributed by atoms with van der Waals surface area (Å²) in [7, 11) is 18.4. The van der Waals surface area contributed by atoms with Crippen LogP contribution in [0.2, 0.25) is 0 Å². The number of nitrogens with one attached hydrogen (secondary N) is 4. The van der Waals surface area contributed by atoms with Crippen molar-refractivity contribution < 1.29 is 0 Å². The van der Waals surface area contributed by atoms with Crippen molar-refractivity contribution in [1.82, 2.24) is 0 Å². The lowest BCUT2D eigenvalue weighted by atomic mass is 9.90. The van der Waals surface area contributed by atoms with Gasteiger partial charge in [0, 0.05) is 162 Å². The zero-order chi connectivity index (χ0) is 100. The Labute approximate surface area is 772 Å². The van der Waals surface area contributed by atoms with Crippen LogP contribution in [0.4, 0.5) is 79.6 Å². The lowest BCUT2D eigenvalue weighted by Gasteiger charge is -2.30. The molecule has 0 saturated carbocycles. The van der Waals surface area contributed by atoms with Crippen LogP contribution in [0.25, 0.3) is 0 Å². The number of rotatable bonds is 42. The van der Waals surface area contributed by atoms with E-state index in [2.05, 4.69) is 167 Å². The van der Waals surface area contributed by atoms with E-state index in [1.54, 1.807) is 26.0 Å². The van der Waals surface area contributed by atoms with Gasteiger partial charge in [-0.3, -0.25) is 67.1 Å². The standard InChI is InChI=1S/C16H28N2O2.2C15H26N2O2.3C14H24N2O2.C13H22N2O2/c1-7-18(8-2)13-12(14(19)15(13)20)17(6)11-9-10-16(3,4)5;1-7-16(5)11-12(14(19)13(11)18)17(6)10-8-9-15(2,3)4;1-6-17(7-2)12-11(13(18)14(12)19)16-10-8-9-15(3,4)5;1-14(2,3)8-7-9-16(6)11-10(15(4)5)12(17)13(11)18;1-6-16(5)11-10(12(17)13(11)18)15-9-7-8-14(2,3)4;1-6-15-10-11(13(18)12(10)17)16(5)9-7-8-14(2,3)4;1-13(2,3)7-6-8-15(5)10-9(14-4)11(16)12(10)17/h7-11H2,1-6H3;7-10H2,1-6H3;16H,6-10H2,1-5H3;7-9H2,1-6H3;2*15H,6-9H2,1-5H3;14H,6-8H2,1-5H3. The number of anilines is 14. The quantitative estimate of drug-likeness (QED) is 0.0204. The second-order valence-corrected chi connectivity index (χ2v) is 43.3. The van der Waals surface area contributed by atoms with Crippen LogP contribution in [-0.4, -0.2) is 162 Å². The molecule has 0 aromatic heterocycles. The van der Waals surface area contributed by atoms with Crippen molar-refractivity contribution in [3.8, 4) is 0 Å². The van der Waals surface area contributed by atoms with Gasteiger partial charge in [-0.05, 0) is 176 Å². The summed E-state index contributed by atoms with van der Waals surface area (Å²) in [5, 5.41) is 12.0. The van der Waals surface area contributed by atoms with Gasteiger partial charge in [0.1, 0.15) is 79.6 Å². The average molecular weight is 1810 g/mol. The number of nitrogens with zero attached hydrogens (tertiary/aromatic N) is 10. The van der Waals surface area contributed by atoms with E-state index in [9.17, 15) is 67.1 Å². The minimum absolute atomic E-state index is 0.302. The van der Waals surface area contributed by atoms with Gasteiger partial charge in [-0.25, -0.2) is 0 Å². The highest BCUT2D eigenvalue weighted by molar-refractivity contribution is 5.80. The third-order valence-electron chi connectivity index (χ3n) is 22.9. The maximum Gasteiger partial charge on any atom is 0.253 e. The van der Waals surface area contributed by atoms with Crippen LogP contribution >= 0.6 is 0 Å². The van der Waals surface area contributed by atoms with E-state index in [-0.39, 0.29) is 70.6 Å². The topological polar surface area (TPSA) is 319 Å². The number of hydrogen-bond donors (Lipinski definition) is 4. The van der Waals surface area contributed by atoms with E-state index in [1.165, 1.54) is 0 Å². The van der Waals surface area contributed by atoms with Crippen molar-refractivity contribution in [3.05, 3.63) is 143 Å². The van der Waals surface area contributed by atoms with E-state index in [0.29, 0.717) is 124 Å². The molecule has 28 heteroatoms. The molecule has 0 spiro atoms. The van der Waals surface area contributed by atoms with Crippen molar-refractivity contribution in [1.29, 1.82) is 0 Å². The Bertz CT molecular complexity index is 5110. The number of hydrogen-bond acceptors (Lipinski definition) is 28. The first-order chi connectivity index (χ1) is 59.2. The Morgan fingerprint density at radius 1 is 0.209 bits per heavy atom. The third-order valence-corrected chi connectivity index (χ3v) is 22.9. The van der Waals surface area contributed by atoms with Gasteiger partial charge in [0.2, 0.25) is 0 Å². The Kier molecular flexibility index (Phi) is 47.1. The normalized spacial score (nSPS) is 11.9. The molecule has 0 heterocycles. The Morgan fingerprint density at radius 2 is 0.403 bits per heavy atom. The molecule has 28 nitrogen and oxygen atoms in total. The summed E-state index contributed by atoms with van der Waals surface area (Å²) in [4.78, 5) is 181. The molecular formula is C101H174N14O14. The van der Waals surface area contributed by atoms with E-state index in [1.807, 2.05) is 142 Å². The molecule has 0 radical (unpaired) electrons. The minimum atomic E-state index is -0.398. The zero-order valence-corrected chi connectivity index (χ0v) is 87.5. The smallest absolute Gasteiger partial charge is 0.253 e. The van der Waals surface area contributed by atoms with Crippen molar-refractivity contribution in [2.24, 2.45) is 37.9 Å². The summed E-state index contributed by atoms with van der Waals surface area (Å²) in [5.41, 5.74) is 4.76. The molecule has 129 heavy (non-hydrogen) atoms. The van der Waals surface area contributed by atoms with Gasteiger partial charge in [-0.1, -0.05) is 145 Å². The maximum absolute atomic E-state index is 11.8. The molecule has 0 fully saturated rings. The predicted molar refractivity (Wildman–Crippen MR) is 557 cm³/mol. The first-order valence-electron chi connectivity index (χ1n) is 47.1. The summed E-state index contributed by atoms with van der Waals surface area (Å²) < 4.78 is 0. The maximum atomic E-state index is 11.8. The molecule has 0 aliphatic carbocycles. The molecule has 0 aliphatic heterocycles. The second-order valence-electron chi connectivity index (χ2n) is 43.3. The molecule has 0 atom stereocenters. The van der Waals surface area contributed by atoms with E-state index >= 15 is 0 Å². The summed E-state index contributed by atoms with van der Waals surface area (Å²) in [6.07, 6.45) is 14.8. The highest BCUT2D eigenvalue weighted by Crippen LogP contribution is 2.32. The van der Waals surface area contributed by atoms with Crippen LogP contribution in [0, 0.1) is 37.9 Å². The summed E-state index contributed by atoms with van der Waals surface area (Å²) in [5.74, 6) is 0. The Morgan fingerprint density at radius 3 is 0.674 bits per heavy atom. The van der Waals surface area contributed by atoms with Crippen LogP contribution in [0.5, 0.6) is 0 Å². The van der Waals surface area contributed by atoms with Crippen LogP contribution in [0.1, 0.15) is 284 Å². The van der Waals surface area contributed by atoms with Crippen molar-refractivity contribution in [3.63, 3.8) is 0 Å². The molecule has 4 N–H and O–H groups in total. The van der Waals surface area contributed by atoms with Crippen LogP contribution in [0.15, 0.2) is 67.1 Å². The van der Waals surface area contributed by atoms with Gasteiger partial charge in [0.15, 0.2) is 0 Å². The van der Waals surface area contributed by atoms with Crippen LogP contribution < -0.4 is 146 Å². The SMILES string of the molecule is CCN(C)c1c(N(C)CCCC(C)(C)C)c(=O)c1=O.CCN(C)c1c(NCCCC(C)(C)C)c(=O)c1=O.CCN(CC)c1c(N(C)CCCC(C)(C)C)c(=O)c1=O.CCN(CC)c1c(NCCCC(C)(C)C)c(=O)c1=O.CCNc1c(N(C)CCCC(C)(C)C)c(=O)c1=O.CN(C)c1c(N(C)CCCC(C)(C)C)c(=O)c1=O.CNc1c(N(C)CCCC(C)(C)C)c(=O)c1=O. The van der Waals surface area contributed by atoms with E-state index in [0.717, 1.165) is 175 Å². The average Bonchev–Trinajstić information content (AvgIpc) is 0.757. The minimum Gasteiger partial charge on any atom is -0.383 e. The monoisotopic (exact) mass is 1810 g/mol. The zero-order valence-electron chi connectivity index (χ0n) is 87.5. The fraction of sp³-hybridized carbons (Fsp3) is 0.723. The predicted octanol–water partition coefficient (Wildman–Crippen LogP) is 13.9. The van der Waals surface area contributed by atoms with Gasteiger partial charge in [-0.15, -0.1) is 0 Å². The highest BCUT2D eigenvalue weighted by atomic mass is 16.2. The van der Waals surface area contributed by atoms with Gasteiger partial charge in [0.05, 0.1) is 0 Å². The molecule has 7 aromatic rings.